The highest BCUT2D eigenvalue weighted by atomic mass is 16.4. The van der Waals surface area contributed by atoms with Crippen LogP contribution < -0.4 is 0 Å². The number of carboxylic acid groups (broad SMARTS) is 2. The number of unbranched alkanes of at least 4 members (excludes halogenated alkanes) is 2. The summed E-state index contributed by atoms with van der Waals surface area (Å²) in [7, 11) is 0. The number of aromatic carboxylic acids is 2. The third kappa shape index (κ3) is 2.82. The maximum Gasteiger partial charge on any atom is 0.357 e. The van der Waals surface area contributed by atoms with E-state index in [1.54, 1.807) is 0 Å². The lowest BCUT2D eigenvalue weighted by Crippen LogP contribution is -2.07. The van der Waals surface area contributed by atoms with E-state index < -0.39 is 17.6 Å². The molecule has 0 fully saturated rings. The molecule has 6 heteroatoms. The van der Waals surface area contributed by atoms with E-state index in [1.165, 1.54) is 0 Å². The Hall–Kier alpha value is -1.85. The second-order valence-corrected chi connectivity index (χ2v) is 3.47. The van der Waals surface area contributed by atoms with Gasteiger partial charge in [-0.15, -0.1) is 0 Å². The zero-order valence-electron chi connectivity index (χ0n) is 8.99. The molecule has 0 bridgehead atoms. The van der Waals surface area contributed by atoms with Crippen LogP contribution in [0.2, 0.25) is 0 Å². The summed E-state index contributed by atoms with van der Waals surface area (Å²) < 4.78 is 0. The predicted octanol–water partition coefficient (Wildman–Crippen LogP) is 1.54. The first-order valence-electron chi connectivity index (χ1n) is 5.11. The number of aromatic nitrogens is 2. The smallest absolute Gasteiger partial charge is 0.357 e. The number of aryl methyl sites for hydroxylation is 1. The van der Waals surface area contributed by atoms with E-state index in [0.717, 1.165) is 19.3 Å². The molecule has 0 amide bonds. The molecule has 0 aliphatic rings. The Morgan fingerprint density at radius 2 is 1.94 bits per heavy atom. The SMILES string of the molecule is CCCCCc1nc(C(=O)O)c(C(=O)O)[nH]1. The molecule has 0 saturated carbocycles. The van der Waals surface area contributed by atoms with Crippen LogP contribution in [0.3, 0.4) is 0 Å². The molecule has 0 radical (unpaired) electrons. The second kappa shape index (κ2) is 5.29. The van der Waals surface area contributed by atoms with Crippen molar-refractivity contribution in [2.75, 3.05) is 0 Å². The number of aromatic amines is 1. The Morgan fingerprint density at radius 3 is 2.38 bits per heavy atom. The van der Waals surface area contributed by atoms with Gasteiger partial charge in [-0.2, -0.15) is 0 Å². The summed E-state index contributed by atoms with van der Waals surface area (Å²) in [6.07, 6.45) is 3.48. The Bertz CT molecular complexity index is 366. The highest BCUT2D eigenvalue weighted by Crippen LogP contribution is 2.09. The van der Waals surface area contributed by atoms with Gasteiger partial charge in [0.05, 0.1) is 0 Å². The summed E-state index contributed by atoms with van der Waals surface area (Å²) in [4.78, 5) is 27.8. The van der Waals surface area contributed by atoms with Crippen molar-refractivity contribution in [2.24, 2.45) is 0 Å². The fourth-order valence-corrected chi connectivity index (χ4v) is 1.39. The number of carboxylic acids is 2. The lowest BCUT2D eigenvalue weighted by molar-refractivity contribution is 0.0644. The van der Waals surface area contributed by atoms with Crippen LogP contribution in [0.1, 0.15) is 53.0 Å². The molecule has 0 aliphatic heterocycles. The van der Waals surface area contributed by atoms with E-state index in [9.17, 15) is 9.59 Å². The zero-order chi connectivity index (χ0) is 12.1. The average Bonchev–Trinajstić information content (AvgIpc) is 2.62. The van der Waals surface area contributed by atoms with Gasteiger partial charge in [0.15, 0.2) is 11.4 Å². The highest BCUT2D eigenvalue weighted by molar-refractivity contribution is 5.98. The minimum atomic E-state index is -1.32. The van der Waals surface area contributed by atoms with Crippen LogP contribution in [-0.4, -0.2) is 32.1 Å². The first-order valence-corrected chi connectivity index (χ1v) is 5.11. The lowest BCUT2D eigenvalue weighted by Gasteiger charge is -1.94. The Kier molecular flexibility index (Phi) is 4.04. The van der Waals surface area contributed by atoms with Crippen molar-refractivity contribution in [2.45, 2.75) is 32.6 Å². The van der Waals surface area contributed by atoms with Gasteiger partial charge in [0.1, 0.15) is 5.82 Å². The van der Waals surface area contributed by atoms with Gasteiger partial charge in [-0.1, -0.05) is 19.8 Å². The first-order chi connectivity index (χ1) is 7.56. The average molecular weight is 226 g/mol. The fraction of sp³-hybridized carbons (Fsp3) is 0.500. The number of hydrogen-bond donors (Lipinski definition) is 3. The molecule has 1 aromatic heterocycles. The molecule has 16 heavy (non-hydrogen) atoms. The van der Waals surface area contributed by atoms with Gasteiger partial charge in [0.25, 0.3) is 0 Å². The van der Waals surface area contributed by atoms with E-state index in [2.05, 4.69) is 9.97 Å². The zero-order valence-corrected chi connectivity index (χ0v) is 8.99. The van der Waals surface area contributed by atoms with Crippen molar-refractivity contribution >= 4 is 11.9 Å². The number of nitrogens with one attached hydrogen (secondary N) is 1. The quantitative estimate of drug-likeness (QED) is 0.638. The molecule has 1 rings (SSSR count). The highest BCUT2D eigenvalue weighted by Gasteiger charge is 2.21. The van der Waals surface area contributed by atoms with Gasteiger partial charge in [-0.05, 0) is 6.42 Å². The van der Waals surface area contributed by atoms with Gasteiger partial charge in [-0.25, -0.2) is 14.6 Å². The molecule has 88 valence electrons. The normalized spacial score (nSPS) is 10.3. The Morgan fingerprint density at radius 1 is 1.25 bits per heavy atom. The summed E-state index contributed by atoms with van der Waals surface area (Å²) >= 11 is 0. The number of nitrogens with zero attached hydrogens (tertiary/aromatic N) is 1. The minimum Gasteiger partial charge on any atom is -0.477 e. The lowest BCUT2D eigenvalue weighted by atomic mass is 10.2. The summed E-state index contributed by atoms with van der Waals surface area (Å²) in [6, 6.07) is 0. The van der Waals surface area contributed by atoms with Crippen molar-refractivity contribution in [1.82, 2.24) is 9.97 Å². The molecule has 0 aliphatic carbocycles. The van der Waals surface area contributed by atoms with Crippen molar-refractivity contribution in [3.63, 3.8) is 0 Å². The van der Waals surface area contributed by atoms with E-state index in [-0.39, 0.29) is 5.69 Å². The minimum absolute atomic E-state index is 0.348. The van der Waals surface area contributed by atoms with E-state index in [0.29, 0.717) is 12.2 Å². The van der Waals surface area contributed by atoms with Crippen LogP contribution in [0.4, 0.5) is 0 Å². The summed E-state index contributed by atoms with van der Waals surface area (Å²) in [6.45, 7) is 2.05. The number of rotatable bonds is 6. The summed E-state index contributed by atoms with van der Waals surface area (Å²) in [5.74, 6) is -2.20. The van der Waals surface area contributed by atoms with Crippen LogP contribution in [0.5, 0.6) is 0 Å². The maximum atomic E-state index is 10.7. The largest absolute Gasteiger partial charge is 0.477 e. The van der Waals surface area contributed by atoms with Crippen LogP contribution in [0.25, 0.3) is 0 Å². The summed E-state index contributed by atoms with van der Waals surface area (Å²) in [5, 5.41) is 17.5. The third-order valence-electron chi connectivity index (χ3n) is 2.19. The second-order valence-electron chi connectivity index (χ2n) is 3.47. The van der Waals surface area contributed by atoms with Crippen molar-refractivity contribution in [3.8, 4) is 0 Å². The molecule has 3 N–H and O–H groups in total. The van der Waals surface area contributed by atoms with Crippen LogP contribution in [0, 0.1) is 0 Å². The van der Waals surface area contributed by atoms with Gasteiger partial charge in [0.2, 0.25) is 0 Å². The van der Waals surface area contributed by atoms with Crippen LogP contribution in [0.15, 0.2) is 0 Å². The molecule has 1 aromatic rings. The molecule has 0 saturated heterocycles. The molecular formula is C10H14N2O4. The molecule has 0 unspecified atom stereocenters. The first kappa shape index (κ1) is 12.2. The predicted molar refractivity (Wildman–Crippen MR) is 55.7 cm³/mol. The molecule has 0 spiro atoms. The number of H-pyrrole nitrogens is 1. The van der Waals surface area contributed by atoms with Crippen LogP contribution in [-0.2, 0) is 6.42 Å². The van der Waals surface area contributed by atoms with E-state index in [1.807, 2.05) is 6.92 Å². The Labute approximate surface area is 92.3 Å². The monoisotopic (exact) mass is 226 g/mol. The van der Waals surface area contributed by atoms with Gasteiger partial charge < -0.3 is 15.2 Å². The standard InChI is InChI=1S/C10H14N2O4/c1-2-3-4-5-6-11-7(9(13)14)8(12-6)10(15)16/h2-5H2,1H3,(H,11,12)(H,13,14)(H,15,16). The molecule has 0 atom stereocenters. The van der Waals surface area contributed by atoms with Crippen molar-refractivity contribution in [3.05, 3.63) is 17.2 Å². The summed E-state index contributed by atoms with van der Waals surface area (Å²) in [5.41, 5.74) is -0.766. The van der Waals surface area contributed by atoms with E-state index >= 15 is 0 Å². The molecule has 0 aromatic carbocycles. The van der Waals surface area contributed by atoms with Crippen molar-refractivity contribution in [1.29, 1.82) is 0 Å². The van der Waals surface area contributed by atoms with Crippen molar-refractivity contribution < 1.29 is 19.8 Å². The third-order valence-corrected chi connectivity index (χ3v) is 2.19. The molecule has 1 heterocycles. The Balaban J connectivity index is 2.84. The van der Waals surface area contributed by atoms with Gasteiger partial charge >= 0.3 is 11.9 Å². The fourth-order valence-electron chi connectivity index (χ4n) is 1.39. The van der Waals surface area contributed by atoms with Gasteiger partial charge in [-0.3, -0.25) is 0 Å². The number of hydrogen-bond acceptors (Lipinski definition) is 3. The number of imidazole rings is 1. The molecule has 6 nitrogen and oxygen atoms in total. The molecular weight excluding hydrogens is 212 g/mol. The van der Waals surface area contributed by atoms with E-state index in [4.69, 9.17) is 10.2 Å². The van der Waals surface area contributed by atoms with Gasteiger partial charge in [0, 0.05) is 6.42 Å². The van der Waals surface area contributed by atoms with Crippen LogP contribution >= 0.6 is 0 Å². The maximum absolute atomic E-state index is 10.7. The topological polar surface area (TPSA) is 103 Å². The number of carbonyl (C=O) groups is 2.